The molecule has 1 N–H and O–H groups in total. The average molecular weight is 430 g/mol. The maximum absolute atomic E-state index is 13.0. The standard InChI is InChI=1S/C23H18N4O5/c1-14-3-4-19(11-15(14)2)26-22(29)20(21(28)24-23(26)30)12-16-9-10-25(13-16)17-5-7-18(8-6-17)27(31)32/h3-13H,1-2H3,(H,24,28,30)/b20-12-. The molecule has 0 aliphatic carbocycles. The predicted octanol–water partition coefficient (Wildman–Crippen LogP) is 3.67. The summed E-state index contributed by atoms with van der Waals surface area (Å²) in [7, 11) is 0. The van der Waals surface area contributed by atoms with Crippen LogP contribution in [0.4, 0.5) is 16.2 Å². The van der Waals surface area contributed by atoms with Crippen molar-refractivity contribution in [1.29, 1.82) is 0 Å². The first-order valence-corrected chi connectivity index (χ1v) is 9.66. The maximum atomic E-state index is 13.0. The summed E-state index contributed by atoms with van der Waals surface area (Å²) in [6.45, 7) is 3.79. The van der Waals surface area contributed by atoms with Crippen LogP contribution in [0.2, 0.25) is 0 Å². The number of nitro benzene ring substituents is 1. The Morgan fingerprint density at radius 1 is 0.938 bits per heavy atom. The highest BCUT2D eigenvalue weighted by atomic mass is 16.6. The van der Waals surface area contributed by atoms with E-state index in [1.807, 2.05) is 13.8 Å². The smallest absolute Gasteiger partial charge is 0.323 e. The Hall–Kier alpha value is -4.53. The van der Waals surface area contributed by atoms with E-state index in [2.05, 4.69) is 5.32 Å². The van der Waals surface area contributed by atoms with Gasteiger partial charge in [0.2, 0.25) is 0 Å². The Labute approximate surface area is 182 Å². The number of aromatic nitrogens is 1. The fourth-order valence-corrected chi connectivity index (χ4v) is 3.33. The molecular formula is C23H18N4O5. The van der Waals surface area contributed by atoms with E-state index in [1.165, 1.54) is 18.2 Å². The lowest BCUT2D eigenvalue weighted by molar-refractivity contribution is -0.384. The first-order chi connectivity index (χ1) is 15.2. The van der Waals surface area contributed by atoms with E-state index in [1.54, 1.807) is 53.4 Å². The SMILES string of the molecule is Cc1ccc(N2C(=O)NC(=O)/C(=C/c3ccn(-c4ccc([N+](=O)[O-])cc4)c3)C2=O)cc1C. The van der Waals surface area contributed by atoms with Crippen LogP contribution in [-0.2, 0) is 9.59 Å². The van der Waals surface area contributed by atoms with Gasteiger partial charge >= 0.3 is 6.03 Å². The Kier molecular flexibility index (Phi) is 5.15. The van der Waals surface area contributed by atoms with Crippen molar-refractivity contribution in [2.45, 2.75) is 13.8 Å². The molecule has 0 saturated carbocycles. The number of rotatable bonds is 4. The Bertz CT molecular complexity index is 1300. The third kappa shape index (κ3) is 3.79. The number of nitro groups is 1. The molecule has 9 nitrogen and oxygen atoms in total. The number of carbonyl (C=O) groups is 3. The first-order valence-electron chi connectivity index (χ1n) is 9.66. The lowest BCUT2D eigenvalue weighted by atomic mass is 10.1. The van der Waals surface area contributed by atoms with E-state index < -0.39 is 22.8 Å². The van der Waals surface area contributed by atoms with Crippen molar-refractivity contribution in [2.75, 3.05) is 4.90 Å². The van der Waals surface area contributed by atoms with E-state index in [4.69, 9.17) is 0 Å². The number of non-ortho nitro benzene ring substituents is 1. The van der Waals surface area contributed by atoms with Crippen LogP contribution in [0.5, 0.6) is 0 Å². The Morgan fingerprint density at radius 2 is 1.62 bits per heavy atom. The fourth-order valence-electron chi connectivity index (χ4n) is 3.33. The van der Waals surface area contributed by atoms with Gasteiger partial charge in [-0.1, -0.05) is 6.07 Å². The molecule has 3 aromatic rings. The van der Waals surface area contributed by atoms with Crippen molar-refractivity contribution in [3.63, 3.8) is 0 Å². The fraction of sp³-hybridized carbons (Fsp3) is 0.0870. The number of aryl methyl sites for hydroxylation is 2. The molecule has 1 fully saturated rings. The third-order valence-electron chi connectivity index (χ3n) is 5.24. The highest BCUT2D eigenvalue weighted by molar-refractivity contribution is 6.39. The number of anilines is 1. The molecule has 1 aliphatic rings. The van der Waals surface area contributed by atoms with Crippen LogP contribution in [0.25, 0.3) is 11.8 Å². The lowest BCUT2D eigenvalue weighted by Crippen LogP contribution is -2.54. The van der Waals surface area contributed by atoms with E-state index in [-0.39, 0.29) is 11.3 Å². The van der Waals surface area contributed by atoms with Crippen LogP contribution in [0.3, 0.4) is 0 Å². The number of urea groups is 1. The van der Waals surface area contributed by atoms with Gasteiger partial charge in [0.25, 0.3) is 17.5 Å². The van der Waals surface area contributed by atoms with Gasteiger partial charge in [-0.2, -0.15) is 0 Å². The van der Waals surface area contributed by atoms with Gasteiger partial charge < -0.3 is 4.57 Å². The average Bonchev–Trinajstić information content (AvgIpc) is 3.22. The molecule has 1 saturated heterocycles. The minimum absolute atomic E-state index is 0.0242. The second kappa shape index (κ2) is 7.95. The van der Waals surface area contributed by atoms with Gasteiger partial charge in [0.05, 0.1) is 10.6 Å². The zero-order chi connectivity index (χ0) is 23.0. The molecule has 1 aromatic heterocycles. The number of barbiturate groups is 1. The molecule has 4 rings (SSSR count). The number of nitrogens with zero attached hydrogens (tertiary/aromatic N) is 3. The van der Waals surface area contributed by atoms with Crippen molar-refractivity contribution in [2.24, 2.45) is 0 Å². The summed E-state index contributed by atoms with van der Waals surface area (Å²) in [6.07, 6.45) is 4.77. The van der Waals surface area contributed by atoms with Crippen LogP contribution in [0.15, 0.2) is 66.5 Å². The molecule has 9 heteroatoms. The van der Waals surface area contributed by atoms with Crippen molar-refractivity contribution in [3.8, 4) is 5.69 Å². The Balaban J connectivity index is 1.65. The molecular weight excluding hydrogens is 412 g/mol. The molecule has 160 valence electrons. The molecule has 0 bridgehead atoms. The minimum Gasteiger partial charge on any atom is -0.323 e. The predicted molar refractivity (Wildman–Crippen MR) is 117 cm³/mol. The second-order valence-electron chi connectivity index (χ2n) is 7.35. The van der Waals surface area contributed by atoms with Crippen molar-refractivity contribution >= 4 is 35.3 Å². The molecule has 1 aliphatic heterocycles. The van der Waals surface area contributed by atoms with Crippen LogP contribution < -0.4 is 10.2 Å². The van der Waals surface area contributed by atoms with Gasteiger partial charge in [0, 0.05) is 30.2 Å². The monoisotopic (exact) mass is 430 g/mol. The quantitative estimate of drug-likeness (QED) is 0.294. The van der Waals surface area contributed by atoms with Gasteiger partial charge in [-0.15, -0.1) is 0 Å². The number of nitrogens with one attached hydrogen (secondary N) is 1. The molecule has 0 radical (unpaired) electrons. The van der Waals surface area contributed by atoms with Gasteiger partial charge in [0.1, 0.15) is 5.57 Å². The second-order valence-corrected chi connectivity index (χ2v) is 7.35. The van der Waals surface area contributed by atoms with Crippen LogP contribution in [-0.4, -0.2) is 27.3 Å². The van der Waals surface area contributed by atoms with E-state index in [9.17, 15) is 24.5 Å². The minimum atomic E-state index is -0.802. The van der Waals surface area contributed by atoms with Crippen LogP contribution in [0, 0.1) is 24.0 Å². The highest BCUT2D eigenvalue weighted by Crippen LogP contribution is 2.24. The van der Waals surface area contributed by atoms with E-state index >= 15 is 0 Å². The van der Waals surface area contributed by atoms with Gasteiger partial charge in [-0.3, -0.25) is 25.0 Å². The molecule has 0 atom stereocenters. The summed E-state index contributed by atoms with van der Waals surface area (Å²) in [5.74, 6) is -1.49. The molecule has 32 heavy (non-hydrogen) atoms. The van der Waals surface area contributed by atoms with Crippen molar-refractivity contribution < 1.29 is 19.3 Å². The molecule has 0 spiro atoms. The topological polar surface area (TPSA) is 115 Å². The number of amides is 4. The number of benzene rings is 2. The van der Waals surface area contributed by atoms with E-state index in [0.29, 0.717) is 16.9 Å². The van der Waals surface area contributed by atoms with Crippen LogP contribution >= 0.6 is 0 Å². The molecule has 2 heterocycles. The van der Waals surface area contributed by atoms with Gasteiger partial charge in [-0.05, 0) is 66.9 Å². The van der Waals surface area contributed by atoms with Gasteiger partial charge in [-0.25, -0.2) is 9.69 Å². The lowest BCUT2D eigenvalue weighted by Gasteiger charge is -2.26. The summed E-state index contributed by atoms with van der Waals surface area (Å²) in [5.41, 5.74) is 3.32. The summed E-state index contributed by atoms with van der Waals surface area (Å²) in [5, 5.41) is 13.0. The maximum Gasteiger partial charge on any atom is 0.335 e. The van der Waals surface area contributed by atoms with Gasteiger partial charge in [0.15, 0.2) is 0 Å². The zero-order valence-corrected chi connectivity index (χ0v) is 17.2. The summed E-state index contributed by atoms with van der Waals surface area (Å²) < 4.78 is 1.70. The number of imide groups is 2. The van der Waals surface area contributed by atoms with Crippen LogP contribution in [0.1, 0.15) is 16.7 Å². The molecule has 0 unspecified atom stereocenters. The molecule has 4 amide bonds. The largest absolute Gasteiger partial charge is 0.335 e. The summed E-state index contributed by atoms with van der Waals surface area (Å²) in [4.78, 5) is 49.0. The molecule has 2 aromatic carbocycles. The van der Waals surface area contributed by atoms with Crippen molar-refractivity contribution in [1.82, 2.24) is 9.88 Å². The number of hydrogen-bond donors (Lipinski definition) is 1. The number of carbonyl (C=O) groups excluding carboxylic acids is 3. The summed E-state index contributed by atoms with van der Waals surface area (Å²) in [6, 6.07) is 12.0. The van der Waals surface area contributed by atoms with Crippen molar-refractivity contribution in [3.05, 3.63) is 93.3 Å². The first kappa shape index (κ1) is 20.7. The van der Waals surface area contributed by atoms with E-state index in [0.717, 1.165) is 16.0 Å². The summed E-state index contributed by atoms with van der Waals surface area (Å²) >= 11 is 0. The normalized spacial score (nSPS) is 15.2. The third-order valence-corrected chi connectivity index (χ3v) is 5.24. The highest BCUT2D eigenvalue weighted by Gasteiger charge is 2.36. The zero-order valence-electron chi connectivity index (χ0n) is 17.2. The Morgan fingerprint density at radius 3 is 2.28 bits per heavy atom. The number of hydrogen-bond acceptors (Lipinski definition) is 5.